The van der Waals surface area contributed by atoms with E-state index >= 15 is 0 Å². The fourth-order valence-electron chi connectivity index (χ4n) is 2.08. The molecule has 126 valence electrons. The number of benzene rings is 2. The number of hydrogen-bond acceptors (Lipinski definition) is 3. The second-order valence-corrected chi connectivity index (χ2v) is 6.53. The Kier molecular flexibility index (Phi) is 7.05. The van der Waals surface area contributed by atoms with Gasteiger partial charge in [-0.05, 0) is 71.5 Å². The highest BCUT2D eigenvalue weighted by Gasteiger charge is 2.04. The van der Waals surface area contributed by atoms with Crippen molar-refractivity contribution in [3.05, 3.63) is 52.1 Å². The van der Waals surface area contributed by atoms with Crippen LogP contribution in [0, 0.1) is 3.57 Å². The lowest BCUT2D eigenvalue weighted by molar-refractivity contribution is -0.116. The molecule has 0 fully saturated rings. The summed E-state index contributed by atoms with van der Waals surface area (Å²) in [6, 6.07) is 14.9. The van der Waals surface area contributed by atoms with Crippen LogP contribution in [0.2, 0.25) is 0 Å². The number of carbonyl (C=O) groups is 2. The van der Waals surface area contributed by atoms with Crippen molar-refractivity contribution < 1.29 is 9.59 Å². The van der Waals surface area contributed by atoms with Gasteiger partial charge in [0.15, 0.2) is 0 Å². The van der Waals surface area contributed by atoms with Gasteiger partial charge in [-0.2, -0.15) is 0 Å². The van der Waals surface area contributed by atoms with E-state index < -0.39 is 0 Å². The summed E-state index contributed by atoms with van der Waals surface area (Å²) in [7, 11) is 0. The van der Waals surface area contributed by atoms with Gasteiger partial charge in [0, 0.05) is 27.1 Å². The molecule has 6 heteroatoms. The molecule has 0 aliphatic rings. The number of amides is 2. The number of hydrogen-bond donors (Lipinski definition) is 3. The molecule has 2 aromatic rings. The molecule has 0 saturated carbocycles. The lowest BCUT2D eigenvalue weighted by Gasteiger charge is -2.10. The van der Waals surface area contributed by atoms with Gasteiger partial charge in [-0.1, -0.05) is 13.0 Å². The Morgan fingerprint density at radius 3 is 2.29 bits per heavy atom. The first-order valence-corrected chi connectivity index (χ1v) is 8.84. The van der Waals surface area contributed by atoms with Crippen molar-refractivity contribution in [3.63, 3.8) is 0 Å². The van der Waals surface area contributed by atoms with Crippen molar-refractivity contribution in [2.75, 3.05) is 22.5 Å². The summed E-state index contributed by atoms with van der Waals surface area (Å²) in [6.07, 6.45) is 1.30. The van der Waals surface area contributed by atoms with Gasteiger partial charge < -0.3 is 16.0 Å². The zero-order valence-electron chi connectivity index (χ0n) is 13.4. The molecule has 0 bridgehead atoms. The first-order valence-electron chi connectivity index (χ1n) is 7.76. The average molecular weight is 437 g/mol. The first-order chi connectivity index (χ1) is 11.6. The standard InChI is InChI=1S/C18H20IN3O2/c1-2-4-17(23)22-16-6-3-5-15(11-16)20-12-18(24)21-14-9-7-13(19)8-10-14/h3,5-11,20H,2,4,12H2,1H3,(H,21,24)(H,22,23). The van der Waals surface area contributed by atoms with E-state index in [2.05, 4.69) is 38.5 Å². The molecule has 0 aliphatic carbocycles. The predicted molar refractivity (Wildman–Crippen MR) is 106 cm³/mol. The fourth-order valence-corrected chi connectivity index (χ4v) is 2.44. The summed E-state index contributed by atoms with van der Waals surface area (Å²) in [5.41, 5.74) is 2.27. The smallest absolute Gasteiger partial charge is 0.243 e. The zero-order chi connectivity index (χ0) is 17.4. The molecule has 0 atom stereocenters. The van der Waals surface area contributed by atoms with Crippen molar-refractivity contribution in [1.82, 2.24) is 0 Å². The van der Waals surface area contributed by atoms with Gasteiger partial charge in [-0.15, -0.1) is 0 Å². The van der Waals surface area contributed by atoms with E-state index in [0.29, 0.717) is 6.42 Å². The van der Waals surface area contributed by atoms with Crippen LogP contribution in [0.15, 0.2) is 48.5 Å². The Morgan fingerprint density at radius 2 is 1.58 bits per heavy atom. The second kappa shape index (κ2) is 9.27. The minimum Gasteiger partial charge on any atom is -0.376 e. The van der Waals surface area contributed by atoms with E-state index in [1.54, 1.807) is 0 Å². The topological polar surface area (TPSA) is 70.2 Å². The highest BCUT2D eigenvalue weighted by atomic mass is 127. The molecule has 0 spiro atoms. The number of halogens is 1. The fraction of sp³-hybridized carbons (Fsp3) is 0.222. The molecule has 0 saturated heterocycles. The monoisotopic (exact) mass is 437 g/mol. The predicted octanol–water partition coefficient (Wildman–Crippen LogP) is 4.08. The SMILES string of the molecule is CCCC(=O)Nc1cccc(NCC(=O)Nc2ccc(I)cc2)c1. The van der Waals surface area contributed by atoms with Crippen molar-refractivity contribution in [3.8, 4) is 0 Å². The van der Waals surface area contributed by atoms with Crippen LogP contribution >= 0.6 is 22.6 Å². The highest BCUT2D eigenvalue weighted by Crippen LogP contribution is 2.16. The molecule has 5 nitrogen and oxygen atoms in total. The van der Waals surface area contributed by atoms with E-state index in [4.69, 9.17) is 0 Å². The maximum atomic E-state index is 12.0. The first kappa shape index (κ1) is 18.3. The Hall–Kier alpha value is -2.09. The quantitative estimate of drug-likeness (QED) is 0.572. The molecule has 2 aromatic carbocycles. The van der Waals surface area contributed by atoms with Crippen molar-refractivity contribution in [1.29, 1.82) is 0 Å². The Labute approximate surface area is 155 Å². The van der Waals surface area contributed by atoms with Gasteiger partial charge in [0.25, 0.3) is 0 Å². The van der Waals surface area contributed by atoms with E-state index in [0.717, 1.165) is 27.1 Å². The van der Waals surface area contributed by atoms with Crippen molar-refractivity contribution in [2.24, 2.45) is 0 Å². The summed E-state index contributed by atoms with van der Waals surface area (Å²) in [5, 5.41) is 8.72. The van der Waals surface area contributed by atoms with Crippen LogP contribution < -0.4 is 16.0 Å². The Bertz CT molecular complexity index is 702. The second-order valence-electron chi connectivity index (χ2n) is 5.29. The van der Waals surface area contributed by atoms with Crippen LogP contribution in [-0.4, -0.2) is 18.4 Å². The van der Waals surface area contributed by atoms with E-state index in [1.165, 1.54) is 0 Å². The molecule has 0 unspecified atom stereocenters. The lowest BCUT2D eigenvalue weighted by Crippen LogP contribution is -2.21. The number of nitrogens with one attached hydrogen (secondary N) is 3. The molecular formula is C18H20IN3O2. The largest absolute Gasteiger partial charge is 0.376 e. The number of rotatable bonds is 7. The highest BCUT2D eigenvalue weighted by molar-refractivity contribution is 14.1. The van der Waals surface area contributed by atoms with Gasteiger partial charge in [0.2, 0.25) is 11.8 Å². The average Bonchev–Trinajstić information content (AvgIpc) is 2.56. The maximum Gasteiger partial charge on any atom is 0.243 e. The molecule has 0 radical (unpaired) electrons. The summed E-state index contributed by atoms with van der Waals surface area (Å²) in [4.78, 5) is 23.6. The van der Waals surface area contributed by atoms with Gasteiger partial charge in [-0.3, -0.25) is 9.59 Å². The summed E-state index contributed by atoms with van der Waals surface area (Å²) >= 11 is 2.22. The van der Waals surface area contributed by atoms with Gasteiger partial charge in [-0.25, -0.2) is 0 Å². The number of anilines is 3. The van der Waals surface area contributed by atoms with Crippen LogP contribution in [0.4, 0.5) is 17.1 Å². The molecule has 24 heavy (non-hydrogen) atoms. The molecular weight excluding hydrogens is 417 g/mol. The molecule has 0 heterocycles. The summed E-state index contributed by atoms with van der Waals surface area (Å²) in [5.74, 6) is -0.136. The summed E-state index contributed by atoms with van der Waals surface area (Å²) in [6.45, 7) is 2.11. The minimum absolute atomic E-state index is 0.00824. The third-order valence-corrected chi connectivity index (χ3v) is 3.92. The molecule has 3 N–H and O–H groups in total. The van der Waals surface area contributed by atoms with E-state index in [-0.39, 0.29) is 18.4 Å². The van der Waals surface area contributed by atoms with Crippen LogP contribution in [0.1, 0.15) is 19.8 Å². The van der Waals surface area contributed by atoms with Crippen molar-refractivity contribution in [2.45, 2.75) is 19.8 Å². The van der Waals surface area contributed by atoms with E-state index in [9.17, 15) is 9.59 Å². The zero-order valence-corrected chi connectivity index (χ0v) is 15.6. The maximum absolute atomic E-state index is 12.0. The van der Waals surface area contributed by atoms with Crippen LogP contribution in [0.5, 0.6) is 0 Å². The summed E-state index contributed by atoms with van der Waals surface area (Å²) < 4.78 is 1.12. The molecule has 0 aliphatic heterocycles. The van der Waals surface area contributed by atoms with Gasteiger partial charge in [0.1, 0.15) is 0 Å². The lowest BCUT2D eigenvalue weighted by atomic mass is 10.2. The van der Waals surface area contributed by atoms with Crippen LogP contribution in [0.3, 0.4) is 0 Å². The third kappa shape index (κ3) is 6.19. The molecule has 2 amide bonds. The third-order valence-electron chi connectivity index (χ3n) is 3.20. The number of carbonyl (C=O) groups excluding carboxylic acids is 2. The Morgan fingerprint density at radius 1 is 0.917 bits per heavy atom. The van der Waals surface area contributed by atoms with Crippen molar-refractivity contribution >= 4 is 51.5 Å². The van der Waals surface area contributed by atoms with Gasteiger partial charge in [0.05, 0.1) is 6.54 Å². The van der Waals surface area contributed by atoms with Crippen LogP contribution in [-0.2, 0) is 9.59 Å². The molecule has 2 rings (SSSR count). The normalized spacial score (nSPS) is 10.1. The Balaban J connectivity index is 1.86. The van der Waals surface area contributed by atoms with E-state index in [1.807, 2.05) is 55.5 Å². The minimum atomic E-state index is -0.128. The van der Waals surface area contributed by atoms with Gasteiger partial charge >= 0.3 is 0 Å². The van der Waals surface area contributed by atoms with Crippen LogP contribution in [0.25, 0.3) is 0 Å². The molecule has 0 aromatic heterocycles.